The Kier molecular flexibility index (Phi) is 7.20. The topological polar surface area (TPSA) is 58.2 Å². The zero-order chi connectivity index (χ0) is 21.5. The van der Waals surface area contributed by atoms with Crippen LogP contribution in [0.1, 0.15) is 51.3 Å². The number of benzene rings is 2. The fraction of sp³-hybridized carbons (Fsp3) is 0.200. The van der Waals surface area contributed by atoms with Crippen LogP contribution in [0.4, 0.5) is 0 Å². The van der Waals surface area contributed by atoms with Gasteiger partial charge in [-0.05, 0) is 55.0 Å². The van der Waals surface area contributed by atoms with Gasteiger partial charge >= 0.3 is 0 Å². The van der Waals surface area contributed by atoms with E-state index in [1.165, 1.54) is 16.9 Å². The first-order chi connectivity index (χ1) is 14.5. The van der Waals surface area contributed by atoms with Gasteiger partial charge in [0.1, 0.15) is 5.70 Å². The molecule has 0 aliphatic heterocycles. The minimum Gasteiger partial charge on any atom is -0.344 e. The molecule has 2 N–H and O–H groups in total. The van der Waals surface area contributed by atoms with E-state index in [1.54, 1.807) is 12.1 Å². The lowest BCUT2D eigenvalue weighted by molar-refractivity contribution is -0.118. The summed E-state index contributed by atoms with van der Waals surface area (Å²) in [7, 11) is 0. The molecule has 0 saturated carbocycles. The molecule has 2 amide bonds. The zero-order valence-electron chi connectivity index (χ0n) is 17.4. The van der Waals surface area contributed by atoms with Gasteiger partial charge in [-0.3, -0.25) is 9.59 Å². The molecule has 154 valence electrons. The summed E-state index contributed by atoms with van der Waals surface area (Å²) >= 11 is 1.51. The lowest BCUT2D eigenvalue weighted by atomic mass is 10.0. The van der Waals surface area contributed by atoms with Crippen molar-refractivity contribution in [3.05, 3.63) is 98.9 Å². The maximum atomic E-state index is 13.1. The molecule has 1 unspecified atom stereocenters. The van der Waals surface area contributed by atoms with Crippen molar-refractivity contribution in [1.82, 2.24) is 10.6 Å². The van der Waals surface area contributed by atoms with Crippen LogP contribution < -0.4 is 10.6 Å². The van der Waals surface area contributed by atoms with E-state index in [-0.39, 0.29) is 23.6 Å². The predicted octanol–water partition coefficient (Wildman–Crippen LogP) is 5.40. The quantitative estimate of drug-likeness (QED) is 0.505. The second kappa shape index (κ2) is 10.0. The second-order valence-corrected chi connectivity index (χ2v) is 8.17. The van der Waals surface area contributed by atoms with Crippen molar-refractivity contribution in [1.29, 1.82) is 0 Å². The molecule has 1 heterocycles. The van der Waals surface area contributed by atoms with E-state index in [0.29, 0.717) is 5.56 Å². The molecule has 1 aromatic heterocycles. The Morgan fingerprint density at radius 2 is 1.73 bits per heavy atom. The Morgan fingerprint density at radius 3 is 2.37 bits per heavy atom. The van der Waals surface area contributed by atoms with Gasteiger partial charge in [-0.15, -0.1) is 11.3 Å². The fourth-order valence-electron chi connectivity index (χ4n) is 3.15. The highest BCUT2D eigenvalue weighted by atomic mass is 32.1. The molecule has 30 heavy (non-hydrogen) atoms. The maximum Gasteiger partial charge on any atom is 0.268 e. The van der Waals surface area contributed by atoms with Crippen LogP contribution in [0.25, 0.3) is 6.08 Å². The van der Waals surface area contributed by atoms with Crippen molar-refractivity contribution >= 4 is 29.2 Å². The molecule has 0 fully saturated rings. The number of nitrogens with one attached hydrogen (secondary N) is 2. The smallest absolute Gasteiger partial charge is 0.268 e. The van der Waals surface area contributed by atoms with Crippen LogP contribution in [0.15, 0.2) is 71.7 Å². The lowest BCUT2D eigenvalue weighted by Crippen LogP contribution is -2.37. The average molecular weight is 419 g/mol. The normalized spacial score (nSPS) is 12.3. The predicted molar refractivity (Wildman–Crippen MR) is 123 cm³/mol. The lowest BCUT2D eigenvalue weighted by Gasteiger charge is -2.19. The molecule has 0 radical (unpaired) electrons. The first-order valence-electron chi connectivity index (χ1n) is 9.97. The fourth-order valence-corrected chi connectivity index (χ4v) is 3.80. The van der Waals surface area contributed by atoms with E-state index in [2.05, 4.69) is 10.6 Å². The Balaban J connectivity index is 1.84. The van der Waals surface area contributed by atoms with Crippen LogP contribution in [0.3, 0.4) is 0 Å². The number of carbonyl (C=O) groups is 2. The Bertz CT molecular complexity index is 1040. The van der Waals surface area contributed by atoms with Crippen molar-refractivity contribution in [3.8, 4) is 0 Å². The van der Waals surface area contributed by atoms with Crippen molar-refractivity contribution in [2.24, 2.45) is 0 Å². The van der Waals surface area contributed by atoms with Gasteiger partial charge < -0.3 is 10.6 Å². The van der Waals surface area contributed by atoms with Gasteiger partial charge in [0.25, 0.3) is 11.8 Å². The van der Waals surface area contributed by atoms with Gasteiger partial charge in [-0.1, -0.05) is 61.0 Å². The van der Waals surface area contributed by atoms with E-state index in [0.717, 1.165) is 22.4 Å². The molecule has 0 saturated heterocycles. The first-order valence-corrected chi connectivity index (χ1v) is 10.9. The third kappa shape index (κ3) is 5.45. The summed E-state index contributed by atoms with van der Waals surface area (Å²) in [6, 6.07) is 19.1. The van der Waals surface area contributed by atoms with Gasteiger partial charge in [-0.2, -0.15) is 0 Å². The van der Waals surface area contributed by atoms with Crippen LogP contribution in [-0.4, -0.2) is 11.8 Å². The summed E-state index contributed by atoms with van der Waals surface area (Å²) in [5, 5.41) is 7.82. The molecule has 3 rings (SSSR count). The van der Waals surface area contributed by atoms with E-state index >= 15 is 0 Å². The Labute approximate surface area is 181 Å². The third-order valence-corrected chi connectivity index (χ3v) is 5.72. The number of carbonyl (C=O) groups excluding carboxylic acids is 2. The minimum atomic E-state index is -0.308. The van der Waals surface area contributed by atoms with Crippen molar-refractivity contribution < 1.29 is 9.59 Å². The summed E-state index contributed by atoms with van der Waals surface area (Å²) in [5.41, 5.74) is 3.85. The highest BCUT2D eigenvalue weighted by Crippen LogP contribution is 2.19. The summed E-state index contributed by atoms with van der Waals surface area (Å²) in [6.45, 7) is 5.94. The number of hydrogen-bond acceptors (Lipinski definition) is 3. The van der Waals surface area contributed by atoms with Crippen LogP contribution in [0.2, 0.25) is 0 Å². The van der Waals surface area contributed by atoms with Gasteiger partial charge in [0.15, 0.2) is 0 Å². The van der Waals surface area contributed by atoms with Gasteiger partial charge in [-0.25, -0.2) is 0 Å². The molecule has 5 heteroatoms. The van der Waals surface area contributed by atoms with Gasteiger partial charge in [0.05, 0.1) is 6.04 Å². The molecular formula is C25H26N2O2S. The first kappa shape index (κ1) is 21.5. The van der Waals surface area contributed by atoms with Crippen LogP contribution in [0.5, 0.6) is 0 Å². The van der Waals surface area contributed by atoms with Crippen LogP contribution in [-0.2, 0) is 4.79 Å². The number of rotatable bonds is 7. The SMILES string of the molecule is CCC(NC(=O)/C(=C/c1cccs1)NC(=O)c1ccccc1C)c1ccc(C)cc1. The summed E-state index contributed by atoms with van der Waals surface area (Å²) in [4.78, 5) is 26.9. The van der Waals surface area contributed by atoms with Gasteiger partial charge in [0, 0.05) is 10.4 Å². The minimum absolute atomic E-state index is 0.139. The molecule has 4 nitrogen and oxygen atoms in total. The molecule has 3 aromatic rings. The standard InChI is InChI=1S/C25H26N2O2S/c1-4-22(19-13-11-17(2)12-14-19)26-25(29)23(16-20-9-7-15-30-20)27-24(28)21-10-6-5-8-18(21)3/h5-16,22H,4H2,1-3H3,(H,26,29)(H,27,28)/b23-16-. The van der Waals surface area contributed by atoms with E-state index < -0.39 is 0 Å². The van der Waals surface area contributed by atoms with Crippen molar-refractivity contribution in [3.63, 3.8) is 0 Å². The zero-order valence-corrected chi connectivity index (χ0v) is 18.3. The third-order valence-electron chi connectivity index (χ3n) is 4.91. The second-order valence-electron chi connectivity index (χ2n) is 7.19. The highest BCUT2D eigenvalue weighted by molar-refractivity contribution is 7.10. The summed E-state index contributed by atoms with van der Waals surface area (Å²) in [6.07, 6.45) is 2.46. The van der Waals surface area contributed by atoms with E-state index in [4.69, 9.17) is 0 Å². The van der Waals surface area contributed by atoms with E-state index in [9.17, 15) is 9.59 Å². The van der Waals surface area contributed by atoms with E-state index in [1.807, 2.05) is 80.7 Å². The highest BCUT2D eigenvalue weighted by Gasteiger charge is 2.19. The maximum absolute atomic E-state index is 13.1. The molecule has 0 aliphatic carbocycles. The average Bonchev–Trinajstić information content (AvgIpc) is 3.25. The van der Waals surface area contributed by atoms with Crippen LogP contribution >= 0.6 is 11.3 Å². The molecule has 0 spiro atoms. The molecule has 1 atom stereocenters. The molecule has 0 bridgehead atoms. The molecule has 2 aromatic carbocycles. The molecular weight excluding hydrogens is 392 g/mol. The van der Waals surface area contributed by atoms with Crippen LogP contribution in [0, 0.1) is 13.8 Å². The summed E-state index contributed by atoms with van der Waals surface area (Å²) < 4.78 is 0. The Hall–Kier alpha value is -3.18. The van der Waals surface area contributed by atoms with Gasteiger partial charge in [0.2, 0.25) is 0 Å². The number of aryl methyl sites for hydroxylation is 2. The number of hydrogen-bond donors (Lipinski definition) is 2. The number of amides is 2. The van der Waals surface area contributed by atoms with Crippen molar-refractivity contribution in [2.45, 2.75) is 33.2 Å². The molecule has 0 aliphatic rings. The Morgan fingerprint density at radius 1 is 1.00 bits per heavy atom. The number of thiophene rings is 1. The summed E-state index contributed by atoms with van der Waals surface area (Å²) in [5.74, 6) is -0.604. The monoisotopic (exact) mass is 418 g/mol. The largest absolute Gasteiger partial charge is 0.344 e. The van der Waals surface area contributed by atoms with Crippen molar-refractivity contribution in [2.75, 3.05) is 0 Å².